The number of sulfonamides is 1. The lowest BCUT2D eigenvalue weighted by Crippen LogP contribution is -2.43. The molecule has 0 aliphatic heterocycles. The normalized spacial score (nSPS) is 14.5. The van der Waals surface area contributed by atoms with Crippen molar-refractivity contribution in [2.45, 2.75) is 59.1 Å². The van der Waals surface area contributed by atoms with Crippen molar-refractivity contribution < 1.29 is 13.5 Å². The molecule has 0 aromatic heterocycles. The van der Waals surface area contributed by atoms with Gasteiger partial charge in [-0.05, 0) is 48.9 Å². The van der Waals surface area contributed by atoms with E-state index < -0.39 is 10.0 Å². The fraction of sp³-hybridized carbons (Fsp3) is 0.625. The molecule has 0 saturated heterocycles. The second-order valence-electron chi connectivity index (χ2n) is 6.76. The van der Waals surface area contributed by atoms with E-state index in [0.29, 0.717) is 5.56 Å². The van der Waals surface area contributed by atoms with Gasteiger partial charge in [0.25, 0.3) is 0 Å². The third kappa shape index (κ3) is 3.65. The highest BCUT2D eigenvalue weighted by atomic mass is 32.2. The van der Waals surface area contributed by atoms with Gasteiger partial charge in [-0.15, -0.1) is 0 Å². The van der Waals surface area contributed by atoms with Crippen LogP contribution in [-0.4, -0.2) is 30.9 Å². The topological polar surface area (TPSA) is 57.6 Å². The summed E-state index contributed by atoms with van der Waals surface area (Å²) >= 11 is 0. The van der Waals surface area contributed by atoms with E-state index in [1.165, 1.54) is 4.31 Å². The summed E-state index contributed by atoms with van der Waals surface area (Å²) < 4.78 is 27.2. The van der Waals surface area contributed by atoms with Gasteiger partial charge >= 0.3 is 0 Å². The number of aliphatic hydroxyl groups is 1. The second-order valence-corrected chi connectivity index (χ2v) is 8.72. The van der Waals surface area contributed by atoms with Gasteiger partial charge in [-0.3, -0.25) is 0 Å². The van der Waals surface area contributed by atoms with Crippen LogP contribution in [0, 0.1) is 19.3 Å². The molecule has 0 amide bonds. The number of benzene rings is 1. The highest BCUT2D eigenvalue weighted by Crippen LogP contribution is 2.30. The lowest BCUT2D eigenvalue weighted by atomic mass is 9.88. The molecule has 1 unspecified atom stereocenters. The number of aryl methyl sites for hydroxylation is 1. The number of rotatable bonds is 4. The Kier molecular flexibility index (Phi) is 5.24. The van der Waals surface area contributed by atoms with Gasteiger partial charge in [-0.1, -0.05) is 26.8 Å². The Balaban J connectivity index is 3.41. The van der Waals surface area contributed by atoms with Crippen molar-refractivity contribution in [2.24, 2.45) is 5.41 Å². The second kappa shape index (κ2) is 6.07. The molecule has 5 heteroatoms. The molecule has 0 heterocycles. The molecule has 4 nitrogen and oxygen atoms in total. The zero-order valence-corrected chi connectivity index (χ0v) is 14.9. The van der Waals surface area contributed by atoms with Crippen LogP contribution in [0.25, 0.3) is 0 Å². The van der Waals surface area contributed by atoms with Gasteiger partial charge in [0, 0.05) is 13.1 Å². The van der Waals surface area contributed by atoms with Gasteiger partial charge in [0.05, 0.1) is 11.5 Å². The van der Waals surface area contributed by atoms with Gasteiger partial charge in [0.15, 0.2) is 0 Å². The van der Waals surface area contributed by atoms with Crippen LogP contribution < -0.4 is 0 Å². The van der Waals surface area contributed by atoms with Gasteiger partial charge in [-0.25, -0.2) is 8.42 Å². The number of hydrogen-bond donors (Lipinski definition) is 1. The predicted octanol–water partition coefficient (Wildman–Crippen LogP) is 2.85. The van der Waals surface area contributed by atoms with E-state index in [1.54, 1.807) is 20.0 Å². The van der Waals surface area contributed by atoms with Crippen LogP contribution in [0.5, 0.6) is 0 Å². The van der Waals surface area contributed by atoms with Crippen LogP contribution in [-0.2, 0) is 16.6 Å². The summed E-state index contributed by atoms with van der Waals surface area (Å²) in [6.45, 7) is 11.5. The Morgan fingerprint density at radius 1 is 1.24 bits per heavy atom. The molecule has 1 atom stereocenters. The monoisotopic (exact) mass is 313 g/mol. The van der Waals surface area contributed by atoms with Crippen LogP contribution >= 0.6 is 0 Å². The average Bonchev–Trinajstić information content (AvgIpc) is 2.38. The fourth-order valence-corrected chi connectivity index (χ4v) is 4.06. The van der Waals surface area contributed by atoms with Crippen molar-refractivity contribution in [3.8, 4) is 0 Å². The first kappa shape index (κ1) is 18.1. The van der Waals surface area contributed by atoms with Gasteiger partial charge in [0.1, 0.15) is 0 Å². The predicted molar refractivity (Wildman–Crippen MR) is 85.7 cm³/mol. The largest absolute Gasteiger partial charge is 0.392 e. The maximum atomic E-state index is 12.9. The molecule has 1 N–H and O–H groups in total. The highest BCUT2D eigenvalue weighted by molar-refractivity contribution is 7.89. The van der Waals surface area contributed by atoms with E-state index in [-0.39, 0.29) is 23.0 Å². The summed E-state index contributed by atoms with van der Waals surface area (Å²) in [5.41, 5.74) is 2.07. The number of aliphatic hydroxyl groups excluding tert-OH is 1. The van der Waals surface area contributed by atoms with Crippen molar-refractivity contribution in [3.63, 3.8) is 0 Å². The molecule has 0 saturated carbocycles. The summed E-state index contributed by atoms with van der Waals surface area (Å²) in [4.78, 5) is 0.283. The standard InChI is InChI=1S/C16H27NO3S/c1-11-8-14(10-18)9-15(12(11)2)21(19,20)17(7)13(3)16(4,5)6/h8-9,13,18H,10H2,1-7H3. The quantitative estimate of drug-likeness (QED) is 0.930. The van der Waals surface area contributed by atoms with Crippen LogP contribution in [0.2, 0.25) is 0 Å². The minimum atomic E-state index is -3.58. The molecular formula is C16H27NO3S. The van der Waals surface area contributed by atoms with E-state index in [4.69, 9.17) is 0 Å². The zero-order valence-electron chi connectivity index (χ0n) is 14.1. The Hall–Kier alpha value is -0.910. The number of hydrogen-bond acceptors (Lipinski definition) is 3. The van der Waals surface area contributed by atoms with Gasteiger partial charge in [0.2, 0.25) is 10.0 Å². The lowest BCUT2D eigenvalue weighted by Gasteiger charge is -2.35. The average molecular weight is 313 g/mol. The Morgan fingerprint density at radius 2 is 1.76 bits per heavy atom. The Labute approximate surface area is 128 Å². The van der Waals surface area contributed by atoms with Crippen molar-refractivity contribution in [3.05, 3.63) is 28.8 Å². The summed E-state index contributed by atoms with van der Waals surface area (Å²) in [7, 11) is -1.97. The summed E-state index contributed by atoms with van der Waals surface area (Å²) in [5.74, 6) is 0. The highest BCUT2D eigenvalue weighted by Gasteiger charge is 2.33. The first-order valence-electron chi connectivity index (χ1n) is 7.12. The minimum Gasteiger partial charge on any atom is -0.392 e. The smallest absolute Gasteiger partial charge is 0.243 e. The van der Waals surface area contributed by atoms with Crippen molar-refractivity contribution in [1.29, 1.82) is 0 Å². The van der Waals surface area contributed by atoms with Crippen molar-refractivity contribution >= 4 is 10.0 Å². The maximum Gasteiger partial charge on any atom is 0.243 e. The summed E-state index contributed by atoms with van der Waals surface area (Å²) in [6.07, 6.45) is 0. The number of nitrogens with zero attached hydrogens (tertiary/aromatic N) is 1. The van der Waals surface area contributed by atoms with E-state index in [1.807, 2.05) is 40.7 Å². The summed E-state index contributed by atoms with van der Waals surface area (Å²) in [6, 6.07) is 3.26. The minimum absolute atomic E-state index is 0.139. The molecule has 21 heavy (non-hydrogen) atoms. The fourth-order valence-electron chi connectivity index (χ4n) is 2.17. The first-order chi connectivity index (χ1) is 9.42. The van der Waals surface area contributed by atoms with Crippen LogP contribution in [0.1, 0.15) is 44.4 Å². The third-order valence-corrected chi connectivity index (χ3v) is 6.37. The lowest BCUT2D eigenvalue weighted by molar-refractivity contribution is 0.216. The maximum absolute atomic E-state index is 12.9. The molecular weight excluding hydrogens is 286 g/mol. The van der Waals surface area contributed by atoms with E-state index in [0.717, 1.165) is 11.1 Å². The van der Waals surface area contributed by atoms with Crippen LogP contribution in [0.3, 0.4) is 0 Å². The van der Waals surface area contributed by atoms with Crippen molar-refractivity contribution in [2.75, 3.05) is 7.05 Å². The van der Waals surface area contributed by atoms with E-state index >= 15 is 0 Å². The van der Waals surface area contributed by atoms with E-state index in [9.17, 15) is 13.5 Å². The third-order valence-electron chi connectivity index (χ3n) is 4.32. The molecule has 120 valence electrons. The van der Waals surface area contributed by atoms with Gasteiger partial charge in [-0.2, -0.15) is 4.31 Å². The molecule has 1 aromatic carbocycles. The SMILES string of the molecule is Cc1cc(CO)cc(S(=O)(=O)N(C)C(C)C(C)(C)C)c1C. The van der Waals surface area contributed by atoms with Gasteiger partial charge < -0.3 is 5.11 Å². The molecule has 0 spiro atoms. The molecule has 0 bridgehead atoms. The molecule has 1 aromatic rings. The first-order valence-corrected chi connectivity index (χ1v) is 8.56. The Bertz CT molecular complexity index is 615. The molecule has 1 rings (SSSR count). The molecule has 0 aliphatic carbocycles. The zero-order chi connectivity index (χ0) is 16.6. The Morgan fingerprint density at radius 3 is 2.19 bits per heavy atom. The van der Waals surface area contributed by atoms with Crippen LogP contribution in [0.4, 0.5) is 0 Å². The van der Waals surface area contributed by atoms with Crippen molar-refractivity contribution in [1.82, 2.24) is 4.31 Å². The molecule has 0 fully saturated rings. The van der Waals surface area contributed by atoms with E-state index in [2.05, 4.69) is 0 Å². The summed E-state index contributed by atoms with van der Waals surface area (Å²) in [5, 5.41) is 9.31. The molecule has 0 radical (unpaired) electrons. The molecule has 0 aliphatic rings. The van der Waals surface area contributed by atoms with Crippen LogP contribution in [0.15, 0.2) is 17.0 Å².